The molecule has 1 amide bonds. The molecular weight excluding hydrogens is 288 g/mol. The number of nitrogens with one attached hydrogen (secondary N) is 1. The molecule has 0 bridgehead atoms. The molecule has 0 fully saturated rings. The van der Waals surface area contributed by atoms with Crippen LogP contribution in [0.25, 0.3) is 0 Å². The maximum atomic E-state index is 12.4. The van der Waals surface area contributed by atoms with Crippen LogP contribution in [-0.4, -0.2) is 30.5 Å². The molecule has 0 spiro atoms. The maximum Gasteiger partial charge on any atom is 0.241 e. The van der Waals surface area contributed by atoms with Crippen molar-refractivity contribution >= 4 is 11.6 Å². The summed E-state index contributed by atoms with van der Waals surface area (Å²) in [5.74, 6) is 0.785. The average Bonchev–Trinajstić information content (AvgIpc) is 2.57. The minimum atomic E-state index is -0.221. The minimum absolute atomic E-state index is 0.0207. The Labute approximate surface area is 138 Å². The summed E-state index contributed by atoms with van der Waals surface area (Å²) in [5.41, 5.74) is 1.97. The molecule has 0 saturated carbocycles. The van der Waals surface area contributed by atoms with Gasteiger partial charge in [-0.2, -0.15) is 0 Å². The molecule has 4 heteroatoms. The molecule has 0 aliphatic rings. The molecule has 0 aliphatic heterocycles. The number of likely N-dealkylation sites (N-methyl/N-ethyl adjacent to an activating group) is 1. The van der Waals surface area contributed by atoms with Crippen LogP contribution >= 0.6 is 0 Å². The van der Waals surface area contributed by atoms with Gasteiger partial charge >= 0.3 is 0 Å². The van der Waals surface area contributed by atoms with Crippen LogP contribution in [0.4, 0.5) is 5.69 Å². The van der Waals surface area contributed by atoms with Crippen molar-refractivity contribution in [2.45, 2.75) is 26.4 Å². The van der Waals surface area contributed by atoms with Gasteiger partial charge < -0.3 is 10.1 Å². The third-order valence-electron chi connectivity index (χ3n) is 3.75. The van der Waals surface area contributed by atoms with E-state index < -0.39 is 0 Å². The van der Waals surface area contributed by atoms with E-state index in [2.05, 4.69) is 17.4 Å². The van der Waals surface area contributed by atoms with Crippen molar-refractivity contribution in [1.29, 1.82) is 0 Å². The summed E-state index contributed by atoms with van der Waals surface area (Å²) < 4.78 is 5.40. The predicted octanol–water partition coefficient (Wildman–Crippen LogP) is 3.54. The molecule has 0 saturated heterocycles. The summed E-state index contributed by atoms with van der Waals surface area (Å²) in [5, 5.41) is 2.94. The van der Waals surface area contributed by atoms with Crippen LogP contribution in [0.3, 0.4) is 0 Å². The highest BCUT2D eigenvalue weighted by Gasteiger charge is 2.18. The second kappa shape index (κ2) is 8.34. The van der Waals surface area contributed by atoms with Crippen molar-refractivity contribution in [2.24, 2.45) is 0 Å². The monoisotopic (exact) mass is 312 g/mol. The Bertz CT molecular complexity index is 611. The van der Waals surface area contributed by atoms with E-state index >= 15 is 0 Å². The summed E-state index contributed by atoms with van der Waals surface area (Å²) in [4.78, 5) is 14.4. The molecule has 4 nitrogen and oxygen atoms in total. The van der Waals surface area contributed by atoms with Crippen molar-refractivity contribution in [1.82, 2.24) is 4.90 Å². The second-order valence-electron chi connectivity index (χ2n) is 5.52. The summed E-state index contributed by atoms with van der Waals surface area (Å²) in [7, 11) is 1.95. The van der Waals surface area contributed by atoms with Crippen LogP contribution in [0.5, 0.6) is 5.75 Å². The van der Waals surface area contributed by atoms with Gasteiger partial charge in [-0.1, -0.05) is 30.3 Å². The zero-order valence-corrected chi connectivity index (χ0v) is 14.0. The topological polar surface area (TPSA) is 41.6 Å². The van der Waals surface area contributed by atoms with Gasteiger partial charge in [0.2, 0.25) is 5.91 Å². The SMILES string of the molecule is CCOc1ccc(NC(=O)[C@@H](C)N(C)Cc2ccccc2)cc1. The highest BCUT2D eigenvalue weighted by Crippen LogP contribution is 2.16. The fraction of sp³-hybridized carbons (Fsp3) is 0.316. The standard InChI is InChI=1S/C19H24N2O2/c1-4-23-18-12-10-17(11-13-18)20-19(22)15(2)21(3)14-16-8-6-5-7-9-16/h5-13,15H,4,14H2,1-3H3,(H,20,22)/t15-/m1/s1. The van der Waals surface area contributed by atoms with Gasteiger partial charge in [0.05, 0.1) is 12.6 Å². The number of carbonyl (C=O) groups excluding carboxylic acids is 1. The molecule has 0 aromatic heterocycles. The quantitative estimate of drug-likeness (QED) is 0.850. The maximum absolute atomic E-state index is 12.4. The molecule has 1 N–H and O–H groups in total. The average molecular weight is 312 g/mol. The molecule has 2 aromatic carbocycles. The van der Waals surface area contributed by atoms with Gasteiger partial charge in [0.15, 0.2) is 0 Å². The van der Waals surface area contributed by atoms with Gasteiger partial charge in [-0.25, -0.2) is 0 Å². The molecule has 2 rings (SSSR count). The number of anilines is 1. The number of rotatable bonds is 7. The summed E-state index contributed by atoms with van der Waals surface area (Å²) in [6.45, 7) is 5.22. The molecular formula is C19H24N2O2. The van der Waals surface area contributed by atoms with E-state index in [1.807, 2.05) is 68.3 Å². The third-order valence-corrected chi connectivity index (χ3v) is 3.75. The van der Waals surface area contributed by atoms with Crippen molar-refractivity contribution in [3.63, 3.8) is 0 Å². The molecule has 23 heavy (non-hydrogen) atoms. The van der Waals surface area contributed by atoms with E-state index in [1.165, 1.54) is 5.56 Å². The summed E-state index contributed by atoms with van der Waals surface area (Å²) >= 11 is 0. The number of nitrogens with zero attached hydrogens (tertiary/aromatic N) is 1. The van der Waals surface area contributed by atoms with Crippen molar-refractivity contribution in [3.05, 3.63) is 60.2 Å². The van der Waals surface area contributed by atoms with Gasteiger partial charge in [0.25, 0.3) is 0 Å². The molecule has 0 unspecified atom stereocenters. The first-order valence-electron chi connectivity index (χ1n) is 7.88. The first-order valence-corrected chi connectivity index (χ1v) is 7.88. The number of carbonyl (C=O) groups is 1. The van der Waals surface area contributed by atoms with E-state index in [4.69, 9.17) is 4.74 Å². The first kappa shape index (κ1) is 17.0. The molecule has 0 radical (unpaired) electrons. The second-order valence-corrected chi connectivity index (χ2v) is 5.52. The predicted molar refractivity (Wildman–Crippen MR) is 93.6 cm³/mol. The van der Waals surface area contributed by atoms with E-state index in [1.54, 1.807) is 0 Å². The summed E-state index contributed by atoms with van der Waals surface area (Å²) in [6, 6.07) is 17.3. The Morgan fingerprint density at radius 1 is 1.13 bits per heavy atom. The Balaban J connectivity index is 1.91. The van der Waals surface area contributed by atoms with Gasteiger partial charge in [0.1, 0.15) is 5.75 Å². The van der Waals surface area contributed by atoms with Crippen LogP contribution in [0.15, 0.2) is 54.6 Å². The van der Waals surface area contributed by atoms with Gasteiger partial charge in [-0.05, 0) is 50.7 Å². The van der Waals surface area contributed by atoms with Crippen molar-refractivity contribution in [2.75, 3.05) is 19.0 Å². The zero-order valence-electron chi connectivity index (χ0n) is 14.0. The Morgan fingerprint density at radius 3 is 2.39 bits per heavy atom. The molecule has 0 heterocycles. The van der Waals surface area contributed by atoms with Gasteiger partial charge in [0, 0.05) is 12.2 Å². The lowest BCUT2D eigenvalue weighted by molar-refractivity contribution is -0.120. The zero-order chi connectivity index (χ0) is 16.7. The number of ether oxygens (including phenoxy) is 1. The lowest BCUT2D eigenvalue weighted by atomic mass is 10.2. The van der Waals surface area contributed by atoms with E-state index in [9.17, 15) is 4.79 Å². The Kier molecular flexibility index (Phi) is 6.18. The number of hydrogen-bond acceptors (Lipinski definition) is 3. The number of hydrogen-bond donors (Lipinski definition) is 1. The first-order chi connectivity index (χ1) is 11.1. The third kappa shape index (κ3) is 5.11. The smallest absolute Gasteiger partial charge is 0.241 e. The Morgan fingerprint density at radius 2 is 1.78 bits per heavy atom. The molecule has 0 aliphatic carbocycles. The number of amides is 1. The fourth-order valence-electron chi connectivity index (χ4n) is 2.26. The normalized spacial score (nSPS) is 12.0. The molecule has 122 valence electrons. The van der Waals surface area contributed by atoms with Crippen molar-refractivity contribution < 1.29 is 9.53 Å². The Hall–Kier alpha value is -2.33. The van der Waals surface area contributed by atoms with Crippen LogP contribution in [0.1, 0.15) is 19.4 Å². The lowest BCUT2D eigenvalue weighted by Gasteiger charge is -2.24. The van der Waals surface area contributed by atoms with Crippen molar-refractivity contribution in [3.8, 4) is 5.75 Å². The van der Waals surface area contributed by atoms with E-state index in [0.29, 0.717) is 6.61 Å². The number of benzene rings is 2. The highest BCUT2D eigenvalue weighted by molar-refractivity contribution is 5.94. The fourth-order valence-corrected chi connectivity index (χ4v) is 2.26. The largest absolute Gasteiger partial charge is 0.494 e. The highest BCUT2D eigenvalue weighted by atomic mass is 16.5. The van der Waals surface area contributed by atoms with Crippen LogP contribution < -0.4 is 10.1 Å². The van der Waals surface area contributed by atoms with E-state index in [-0.39, 0.29) is 11.9 Å². The molecule has 1 atom stereocenters. The molecule has 2 aromatic rings. The van der Waals surface area contributed by atoms with Crippen LogP contribution in [-0.2, 0) is 11.3 Å². The lowest BCUT2D eigenvalue weighted by Crippen LogP contribution is -2.39. The van der Waals surface area contributed by atoms with Crippen LogP contribution in [0, 0.1) is 0 Å². The summed E-state index contributed by atoms with van der Waals surface area (Å²) in [6.07, 6.45) is 0. The van der Waals surface area contributed by atoms with Crippen LogP contribution in [0.2, 0.25) is 0 Å². The van der Waals surface area contributed by atoms with E-state index in [0.717, 1.165) is 18.0 Å². The minimum Gasteiger partial charge on any atom is -0.494 e. The van der Waals surface area contributed by atoms with Gasteiger partial charge in [-0.3, -0.25) is 9.69 Å². The van der Waals surface area contributed by atoms with Gasteiger partial charge in [-0.15, -0.1) is 0 Å².